The first kappa shape index (κ1) is 53.1. The van der Waals surface area contributed by atoms with Gasteiger partial charge in [0.2, 0.25) is 0 Å². The molecule has 0 amide bonds. The number of carbonyl (C=O) groups excluding carboxylic acids is 3. The summed E-state index contributed by atoms with van der Waals surface area (Å²) in [4.78, 5) is 36.8. The fourth-order valence-corrected chi connectivity index (χ4v) is 7.01. The van der Waals surface area contributed by atoms with Crippen molar-refractivity contribution in [3.8, 4) is 0 Å². The molecular formula is C47H89NO7. The highest BCUT2D eigenvalue weighted by Gasteiger charge is 2.25. The third kappa shape index (κ3) is 37.4. The molecule has 0 heterocycles. The van der Waals surface area contributed by atoms with Gasteiger partial charge in [0.1, 0.15) is 12.6 Å². The maximum absolute atomic E-state index is 12.7. The number of quaternary nitrogens is 1. The molecule has 0 bridgehead atoms. The van der Waals surface area contributed by atoms with Crippen LogP contribution in [0, 0.1) is 0 Å². The zero-order valence-electron chi connectivity index (χ0n) is 36.9. The molecule has 2 atom stereocenters. The highest BCUT2D eigenvalue weighted by molar-refractivity contribution is 5.70. The molecule has 0 rings (SSSR count). The molecular weight excluding hydrogens is 691 g/mol. The maximum atomic E-state index is 12.7. The lowest BCUT2D eigenvalue weighted by atomic mass is 10.0. The first-order valence-corrected chi connectivity index (χ1v) is 23.2. The van der Waals surface area contributed by atoms with Crippen molar-refractivity contribution in [1.29, 1.82) is 0 Å². The average Bonchev–Trinajstić information content (AvgIpc) is 3.14. The summed E-state index contributed by atoms with van der Waals surface area (Å²) in [6.45, 7) is 4.67. The van der Waals surface area contributed by atoms with E-state index in [1.54, 1.807) is 21.1 Å². The molecule has 0 aromatic carbocycles. The van der Waals surface area contributed by atoms with Gasteiger partial charge in [-0.1, -0.05) is 174 Å². The lowest BCUT2D eigenvalue weighted by Gasteiger charge is -2.34. The zero-order chi connectivity index (χ0) is 40.7. The minimum absolute atomic E-state index is 0.0402. The van der Waals surface area contributed by atoms with Crippen LogP contribution in [0.5, 0.6) is 0 Å². The van der Waals surface area contributed by atoms with E-state index in [0.29, 0.717) is 12.8 Å². The Labute approximate surface area is 339 Å². The van der Waals surface area contributed by atoms with Gasteiger partial charge >= 0.3 is 11.9 Å². The van der Waals surface area contributed by atoms with Crippen molar-refractivity contribution in [3.05, 3.63) is 12.2 Å². The molecule has 55 heavy (non-hydrogen) atoms. The van der Waals surface area contributed by atoms with Gasteiger partial charge in [-0.2, -0.15) is 0 Å². The van der Waals surface area contributed by atoms with Crippen molar-refractivity contribution in [2.75, 3.05) is 41.0 Å². The van der Waals surface area contributed by atoms with Crippen LogP contribution in [0.3, 0.4) is 0 Å². The van der Waals surface area contributed by atoms with Crippen LogP contribution in [0.15, 0.2) is 12.2 Å². The highest BCUT2D eigenvalue weighted by Crippen LogP contribution is 2.16. The van der Waals surface area contributed by atoms with Crippen LogP contribution in [0.25, 0.3) is 0 Å². The topological polar surface area (TPSA) is 102 Å². The van der Waals surface area contributed by atoms with Crippen molar-refractivity contribution in [2.45, 2.75) is 231 Å². The summed E-state index contributed by atoms with van der Waals surface area (Å²) < 4.78 is 17.2. The van der Waals surface area contributed by atoms with Gasteiger partial charge in [0.25, 0.3) is 0 Å². The third-order valence-electron chi connectivity index (χ3n) is 10.7. The summed E-state index contributed by atoms with van der Waals surface area (Å²) in [5.41, 5.74) is 0. The number of rotatable bonds is 42. The number of esters is 2. The predicted octanol–water partition coefficient (Wildman–Crippen LogP) is 11.4. The van der Waals surface area contributed by atoms with Crippen LogP contribution in [-0.4, -0.2) is 75.5 Å². The quantitative estimate of drug-likeness (QED) is 0.0263. The van der Waals surface area contributed by atoms with Crippen molar-refractivity contribution in [1.82, 2.24) is 0 Å². The molecule has 0 fully saturated rings. The molecule has 324 valence electrons. The zero-order valence-corrected chi connectivity index (χ0v) is 36.9. The smallest absolute Gasteiger partial charge is 0.306 e. The van der Waals surface area contributed by atoms with Gasteiger partial charge in [-0.05, 0) is 38.5 Å². The van der Waals surface area contributed by atoms with Gasteiger partial charge in [0.05, 0.1) is 40.3 Å². The van der Waals surface area contributed by atoms with Gasteiger partial charge in [0, 0.05) is 19.3 Å². The van der Waals surface area contributed by atoms with Gasteiger partial charge in [-0.15, -0.1) is 0 Å². The molecule has 0 N–H and O–H groups in total. The lowest BCUT2D eigenvalue weighted by Crippen LogP contribution is -2.55. The summed E-state index contributed by atoms with van der Waals surface area (Å²) in [5, 5.41) is 11.6. The van der Waals surface area contributed by atoms with Crippen LogP contribution in [0.2, 0.25) is 0 Å². The number of unbranched alkanes of at least 4 members (excludes halogenated alkanes) is 26. The number of aliphatic carboxylic acids is 1. The summed E-state index contributed by atoms with van der Waals surface area (Å²) in [5.74, 6) is -1.74. The first-order chi connectivity index (χ1) is 26.6. The molecule has 0 saturated carbocycles. The molecule has 2 unspecified atom stereocenters. The minimum atomic E-state index is -1.12. The second-order valence-corrected chi connectivity index (χ2v) is 17.0. The average molecular weight is 780 g/mol. The minimum Gasteiger partial charge on any atom is -0.544 e. The van der Waals surface area contributed by atoms with Crippen LogP contribution in [-0.2, 0) is 28.6 Å². The standard InChI is InChI=1S/C47H89NO7/c1-6-8-10-12-14-16-18-20-21-22-23-24-26-27-29-31-33-35-37-45(49)54-42-43(41-53-40-39-44(47(51)52)48(3,4)5)55-46(50)38-36-34-32-30-28-25-19-17-15-13-11-9-7-2/h25,28,43-44H,6-24,26-27,29-42H2,1-5H3/b28-25+. The van der Waals surface area contributed by atoms with E-state index in [1.165, 1.54) is 135 Å². The molecule has 0 radical (unpaired) electrons. The van der Waals surface area contributed by atoms with Crippen molar-refractivity contribution < 1.29 is 38.2 Å². The van der Waals surface area contributed by atoms with Crippen LogP contribution >= 0.6 is 0 Å². The number of allylic oxidation sites excluding steroid dienone is 2. The monoisotopic (exact) mass is 780 g/mol. The Hall–Kier alpha value is -1.93. The third-order valence-corrected chi connectivity index (χ3v) is 10.7. The molecule has 8 heteroatoms. The Balaban J connectivity index is 4.27. The van der Waals surface area contributed by atoms with E-state index in [4.69, 9.17) is 14.2 Å². The second-order valence-electron chi connectivity index (χ2n) is 17.0. The van der Waals surface area contributed by atoms with E-state index >= 15 is 0 Å². The molecule has 0 aromatic rings. The highest BCUT2D eigenvalue weighted by atomic mass is 16.6. The van der Waals surface area contributed by atoms with E-state index in [-0.39, 0.29) is 42.7 Å². The number of carbonyl (C=O) groups is 3. The first-order valence-electron chi connectivity index (χ1n) is 23.2. The Morgan fingerprint density at radius 1 is 0.527 bits per heavy atom. The molecule has 8 nitrogen and oxygen atoms in total. The summed E-state index contributed by atoms with van der Waals surface area (Å²) >= 11 is 0. The van der Waals surface area contributed by atoms with Gasteiger partial charge in [-0.25, -0.2) is 0 Å². The predicted molar refractivity (Wildman–Crippen MR) is 227 cm³/mol. The largest absolute Gasteiger partial charge is 0.544 e. The van der Waals surface area contributed by atoms with E-state index in [1.807, 2.05) is 0 Å². The van der Waals surface area contributed by atoms with Gasteiger partial charge < -0.3 is 28.6 Å². The van der Waals surface area contributed by atoms with E-state index in [9.17, 15) is 19.5 Å². The fourth-order valence-electron chi connectivity index (χ4n) is 7.01. The number of likely N-dealkylation sites (N-methyl/N-ethyl adjacent to an activating group) is 1. The fraction of sp³-hybridized carbons (Fsp3) is 0.894. The Bertz CT molecular complexity index is 915. The molecule has 0 saturated heterocycles. The van der Waals surface area contributed by atoms with E-state index in [0.717, 1.165) is 51.4 Å². The van der Waals surface area contributed by atoms with Crippen LogP contribution < -0.4 is 5.11 Å². The molecule has 0 aromatic heterocycles. The number of nitrogens with zero attached hydrogens (tertiary/aromatic N) is 1. The number of carboxylic acid groups (broad SMARTS) is 1. The Morgan fingerprint density at radius 3 is 1.33 bits per heavy atom. The van der Waals surface area contributed by atoms with E-state index < -0.39 is 18.1 Å². The molecule has 0 aliphatic rings. The van der Waals surface area contributed by atoms with Crippen LogP contribution in [0.4, 0.5) is 0 Å². The van der Waals surface area contributed by atoms with Crippen molar-refractivity contribution in [3.63, 3.8) is 0 Å². The summed E-state index contributed by atoms with van der Waals surface area (Å²) in [6.07, 6.45) is 40.9. The van der Waals surface area contributed by atoms with Gasteiger partial charge in [0.15, 0.2) is 6.10 Å². The summed E-state index contributed by atoms with van der Waals surface area (Å²) in [7, 11) is 5.41. The Morgan fingerprint density at radius 2 is 0.909 bits per heavy atom. The number of carboxylic acids is 1. The maximum Gasteiger partial charge on any atom is 0.306 e. The molecule has 0 aliphatic carbocycles. The van der Waals surface area contributed by atoms with Gasteiger partial charge in [-0.3, -0.25) is 9.59 Å². The Kier molecular flexibility index (Phi) is 37.6. The number of hydrogen-bond acceptors (Lipinski definition) is 7. The second kappa shape index (κ2) is 38.9. The molecule has 0 spiro atoms. The van der Waals surface area contributed by atoms with Crippen LogP contribution in [0.1, 0.15) is 219 Å². The lowest BCUT2D eigenvalue weighted by molar-refractivity contribution is -0.889. The van der Waals surface area contributed by atoms with Crippen molar-refractivity contribution in [2.24, 2.45) is 0 Å². The van der Waals surface area contributed by atoms with E-state index in [2.05, 4.69) is 26.0 Å². The molecule has 0 aliphatic heterocycles. The normalized spacial score (nSPS) is 13.0. The number of ether oxygens (including phenoxy) is 3. The summed E-state index contributed by atoms with van der Waals surface area (Å²) in [6, 6.07) is -0.724. The SMILES string of the molecule is CCCCCCCC/C=C/CCCCCC(=O)OC(COCCC(C(=O)[O-])[N+](C)(C)C)COC(=O)CCCCCCCCCCCCCCCCCCCC. The van der Waals surface area contributed by atoms with Crippen molar-refractivity contribution >= 4 is 17.9 Å². The number of hydrogen-bond donors (Lipinski definition) is 0.